The summed E-state index contributed by atoms with van der Waals surface area (Å²) in [7, 11) is 0. The molecule has 1 aromatic carbocycles. The van der Waals surface area contributed by atoms with Crippen molar-refractivity contribution in [3.63, 3.8) is 0 Å². The quantitative estimate of drug-likeness (QED) is 0.940. The second-order valence-electron chi connectivity index (χ2n) is 6.39. The molecule has 0 amide bonds. The Bertz CT molecular complexity index is 612. The van der Waals surface area contributed by atoms with E-state index in [1.807, 2.05) is 0 Å². The highest BCUT2D eigenvalue weighted by Crippen LogP contribution is 2.30. The van der Waals surface area contributed by atoms with Crippen LogP contribution in [0.4, 0.5) is 0 Å². The van der Waals surface area contributed by atoms with Gasteiger partial charge in [-0.15, -0.1) is 0 Å². The topological polar surface area (TPSA) is 53.1 Å². The van der Waals surface area contributed by atoms with E-state index in [4.69, 9.17) is 15.5 Å². The molecule has 1 aliphatic rings. The van der Waals surface area contributed by atoms with Gasteiger partial charge in [-0.05, 0) is 36.5 Å². The first-order valence-electron chi connectivity index (χ1n) is 7.96. The van der Waals surface area contributed by atoms with E-state index in [2.05, 4.69) is 36.6 Å². The molecule has 3 rings (SSSR count). The van der Waals surface area contributed by atoms with Crippen LogP contribution in [0.3, 0.4) is 0 Å². The Balaban J connectivity index is 2.07. The molecule has 1 aliphatic heterocycles. The average Bonchev–Trinajstić information content (AvgIpc) is 2.85. The van der Waals surface area contributed by atoms with Crippen molar-refractivity contribution in [2.45, 2.75) is 45.7 Å². The van der Waals surface area contributed by atoms with Gasteiger partial charge in [0.15, 0.2) is 0 Å². The molecule has 0 unspecified atom stereocenters. The molecule has 0 bridgehead atoms. The molecule has 1 fully saturated rings. The monoisotopic (exact) mass is 287 g/mol. The third kappa shape index (κ3) is 2.97. The molecule has 1 saturated heterocycles. The third-order valence-electron chi connectivity index (χ3n) is 4.21. The van der Waals surface area contributed by atoms with Crippen LogP contribution in [0, 0.1) is 5.92 Å². The van der Waals surface area contributed by atoms with Gasteiger partial charge in [-0.2, -0.15) is 0 Å². The number of hydrogen-bond donors (Lipinski definition) is 1. The number of benzene rings is 1. The summed E-state index contributed by atoms with van der Waals surface area (Å²) < 4.78 is 7.91. The summed E-state index contributed by atoms with van der Waals surface area (Å²) in [5.41, 5.74) is 9.23. The van der Waals surface area contributed by atoms with Crippen molar-refractivity contribution in [2.75, 3.05) is 13.2 Å². The van der Waals surface area contributed by atoms with E-state index in [1.54, 1.807) is 0 Å². The number of nitrogens with zero attached hydrogens (tertiary/aromatic N) is 2. The van der Waals surface area contributed by atoms with Gasteiger partial charge in [0, 0.05) is 32.2 Å². The second-order valence-corrected chi connectivity index (χ2v) is 6.39. The van der Waals surface area contributed by atoms with Crippen LogP contribution in [-0.2, 0) is 17.8 Å². The maximum Gasteiger partial charge on any atom is 0.113 e. The Hall–Kier alpha value is -1.39. The molecule has 114 valence electrons. The van der Waals surface area contributed by atoms with Gasteiger partial charge in [0.05, 0.1) is 11.0 Å². The lowest BCUT2D eigenvalue weighted by atomic mass is 9.99. The van der Waals surface area contributed by atoms with Crippen LogP contribution < -0.4 is 5.73 Å². The summed E-state index contributed by atoms with van der Waals surface area (Å²) in [5.74, 6) is 2.36. The maximum atomic E-state index is 5.76. The SMILES string of the molecule is CC(C)Cn1c(C2CCOCC2)nc2cc(CN)ccc21. The van der Waals surface area contributed by atoms with Crippen molar-refractivity contribution in [2.24, 2.45) is 11.7 Å². The fourth-order valence-corrected chi connectivity index (χ4v) is 3.15. The first-order valence-corrected chi connectivity index (χ1v) is 7.96. The minimum absolute atomic E-state index is 0.520. The summed E-state index contributed by atoms with van der Waals surface area (Å²) in [6.07, 6.45) is 2.15. The molecule has 2 aromatic rings. The molecular formula is C17H25N3O. The number of nitrogens with two attached hydrogens (primary N) is 1. The summed E-state index contributed by atoms with van der Waals surface area (Å²) in [5, 5.41) is 0. The maximum absolute atomic E-state index is 5.76. The molecule has 0 atom stereocenters. The van der Waals surface area contributed by atoms with Gasteiger partial charge in [0.1, 0.15) is 5.82 Å². The van der Waals surface area contributed by atoms with Gasteiger partial charge < -0.3 is 15.0 Å². The molecule has 0 radical (unpaired) electrons. The summed E-state index contributed by atoms with van der Waals surface area (Å²) >= 11 is 0. The van der Waals surface area contributed by atoms with E-state index in [9.17, 15) is 0 Å². The highest BCUT2D eigenvalue weighted by molar-refractivity contribution is 5.77. The Morgan fingerprint density at radius 3 is 2.76 bits per heavy atom. The first kappa shape index (κ1) is 14.5. The Labute approximate surface area is 126 Å². The molecule has 21 heavy (non-hydrogen) atoms. The van der Waals surface area contributed by atoms with Crippen LogP contribution in [0.2, 0.25) is 0 Å². The van der Waals surface area contributed by atoms with Gasteiger partial charge in [0.2, 0.25) is 0 Å². The zero-order valence-electron chi connectivity index (χ0n) is 13.0. The number of rotatable bonds is 4. The summed E-state index contributed by atoms with van der Waals surface area (Å²) in [6.45, 7) is 7.81. The van der Waals surface area contributed by atoms with E-state index >= 15 is 0 Å². The van der Waals surface area contributed by atoms with Crippen molar-refractivity contribution in [3.8, 4) is 0 Å². The highest BCUT2D eigenvalue weighted by Gasteiger charge is 2.23. The molecule has 4 nitrogen and oxygen atoms in total. The molecule has 0 aliphatic carbocycles. The summed E-state index contributed by atoms with van der Waals surface area (Å²) in [4.78, 5) is 4.95. The van der Waals surface area contributed by atoms with Crippen molar-refractivity contribution in [1.82, 2.24) is 9.55 Å². The first-order chi connectivity index (χ1) is 10.2. The number of imidazole rings is 1. The zero-order valence-corrected chi connectivity index (χ0v) is 13.0. The van der Waals surface area contributed by atoms with Crippen LogP contribution in [-0.4, -0.2) is 22.8 Å². The van der Waals surface area contributed by atoms with Crippen LogP contribution in [0.25, 0.3) is 11.0 Å². The molecule has 2 heterocycles. The molecule has 2 N–H and O–H groups in total. The van der Waals surface area contributed by atoms with Gasteiger partial charge >= 0.3 is 0 Å². The number of hydrogen-bond acceptors (Lipinski definition) is 3. The van der Waals surface area contributed by atoms with Gasteiger partial charge in [-0.1, -0.05) is 19.9 Å². The van der Waals surface area contributed by atoms with Gasteiger partial charge in [-0.25, -0.2) is 4.98 Å². The Morgan fingerprint density at radius 1 is 1.33 bits per heavy atom. The lowest BCUT2D eigenvalue weighted by Gasteiger charge is -2.23. The molecule has 0 saturated carbocycles. The van der Waals surface area contributed by atoms with E-state index in [-0.39, 0.29) is 0 Å². The fraction of sp³-hybridized carbons (Fsp3) is 0.588. The van der Waals surface area contributed by atoms with Crippen LogP contribution in [0.15, 0.2) is 18.2 Å². The van der Waals surface area contributed by atoms with E-state index in [0.717, 1.165) is 43.7 Å². The largest absolute Gasteiger partial charge is 0.381 e. The fourth-order valence-electron chi connectivity index (χ4n) is 3.15. The number of aromatic nitrogens is 2. The molecule has 0 spiro atoms. The number of ether oxygens (including phenoxy) is 1. The lowest BCUT2D eigenvalue weighted by molar-refractivity contribution is 0.0828. The minimum Gasteiger partial charge on any atom is -0.381 e. The van der Waals surface area contributed by atoms with E-state index < -0.39 is 0 Å². The average molecular weight is 287 g/mol. The lowest BCUT2D eigenvalue weighted by Crippen LogP contribution is -2.19. The molecular weight excluding hydrogens is 262 g/mol. The highest BCUT2D eigenvalue weighted by atomic mass is 16.5. The smallest absolute Gasteiger partial charge is 0.113 e. The van der Waals surface area contributed by atoms with Gasteiger partial charge in [0.25, 0.3) is 0 Å². The standard InChI is InChI=1S/C17H25N3O/c1-12(2)11-20-16-4-3-13(10-18)9-15(16)19-17(20)14-5-7-21-8-6-14/h3-4,9,12,14H,5-8,10-11,18H2,1-2H3. The molecule has 4 heteroatoms. The summed E-state index contributed by atoms with van der Waals surface area (Å²) in [6, 6.07) is 6.43. The van der Waals surface area contributed by atoms with Crippen molar-refractivity contribution in [1.29, 1.82) is 0 Å². The Kier molecular flexibility index (Phi) is 4.27. The minimum atomic E-state index is 0.520. The predicted octanol–water partition coefficient (Wildman–Crippen LogP) is 3.05. The number of fused-ring (bicyclic) bond motifs is 1. The van der Waals surface area contributed by atoms with Crippen LogP contribution in [0.5, 0.6) is 0 Å². The van der Waals surface area contributed by atoms with Crippen LogP contribution >= 0.6 is 0 Å². The zero-order chi connectivity index (χ0) is 14.8. The van der Waals surface area contributed by atoms with Crippen molar-refractivity contribution >= 4 is 11.0 Å². The molecule has 1 aromatic heterocycles. The van der Waals surface area contributed by atoms with Gasteiger partial charge in [-0.3, -0.25) is 0 Å². The van der Waals surface area contributed by atoms with E-state index in [0.29, 0.717) is 18.4 Å². The van der Waals surface area contributed by atoms with E-state index in [1.165, 1.54) is 11.3 Å². The normalized spacial score (nSPS) is 17.0. The van der Waals surface area contributed by atoms with Crippen molar-refractivity contribution < 1.29 is 4.74 Å². The van der Waals surface area contributed by atoms with Crippen molar-refractivity contribution in [3.05, 3.63) is 29.6 Å². The predicted molar refractivity (Wildman–Crippen MR) is 85.3 cm³/mol. The third-order valence-corrected chi connectivity index (χ3v) is 4.21. The Morgan fingerprint density at radius 2 is 2.10 bits per heavy atom. The van der Waals surface area contributed by atoms with Crippen LogP contribution in [0.1, 0.15) is 44.0 Å². The second kappa shape index (κ2) is 6.16.